The van der Waals surface area contributed by atoms with Crippen LogP contribution in [0.1, 0.15) is 57.6 Å². The van der Waals surface area contributed by atoms with E-state index in [9.17, 15) is 13.2 Å². The Morgan fingerprint density at radius 2 is 1.80 bits per heavy atom. The van der Waals surface area contributed by atoms with Gasteiger partial charge < -0.3 is 10.6 Å². The number of halogens is 3. The summed E-state index contributed by atoms with van der Waals surface area (Å²) in [6.07, 6.45) is 3.34. The van der Waals surface area contributed by atoms with Crippen molar-refractivity contribution in [3.63, 3.8) is 0 Å². The van der Waals surface area contributed by atoms with E-state index in [-0.39, 0.29) is 0 Å². The molecule has 2 unspecified atom stereocenters. The Morgan fingerprint density at radius 3 is 2.43 bits per heavy atom. The van der Waals surface area contributed by atoms with Crippen LogP contribution in [-0.4, -0.2) is 17.6 Å². The molecule has 0 fully saturated rings. The zero-order chi connectivity index (χ0) is 21.7. The van der Waals surface area contributed by atoms with E-state index in [1.54, 1.807) is 6.20 Å². The molecular formula is C24H30F3N3. The average Bonchev–Trinajstić information content (AvgIpc) is 2.92. The first kappa shape index (κ1) is 22.2. The van der Waals surface area contributed by atoms with E-state index < -0.39 is 11.7 Å². The third kappa shape index (κ3) is 5.15. The minimum atomic E-state index is -4.34. The first-order chi connectivity index (χ1) is 14.3. The van der Waals surface area contributed by atoms with Crippen LogP contribution in [0.2, 0.25) is 0 Å². The molecule has 0 bridgehead atoms. The van der Waals surface area contributed by atoms with Gasteiger partial charge in [0.15, 0.2) is 0 Å². The molecule has 0 saturated carbocycles. The summed E-state index contributed by atoms with van der Waals surface area (Å²) < 4.78 is 38.8. The smallest absolute Gasteiger partial charge is 0.385 e. The Hall–Kier alpha value is -2.50. The molecular weight excluding hydrogens is 387 g/mol. The van der Waals surface area contributed by atoms with Crippen molar-refractivity contribution in [2.45, 2.75) is 58.7 Å². The normalized spacial score (nSPS) is 16.3. The van der Waals surface area contributed by atoms with Crippen molar-refractivity contribution in [3.05, 3.63) is 64.3 Å². The van der Waals surface area contributed by atoms with Crippen LogP contribution in [-0.2, 0) is 6.18 Å². The number of alkyl halides is 3. The summed E-state index contributed by atoms with van der Waals surface area (Å²) in [5.74, 6) is 0.648. The largest absolute Gasteiger partial charge is 0.416 e. The van der Waals surface area contributed by atoms with Crippen LogP contribution >= 0.6 is 0 Å². The standard InChI is InChI=1S/C24H30F3N3/c1-4-16(3)14-19(5-2)30-22-11-13-29-23(20-10-12-28-15-21(20)22)17-6-8-18(9-7-17)24(25,26)27/h6-10,12,15-16,19,29-30H,4-5,11,13-14H2,1-3H3. The second-order valence-corrected chi connectivity index (χ2v) is 8.03. The maximum atomic E-state index is 12.9. The molecule has 2 atom stereocenters. The monoisotopic (exact) mass is 417 g/mol. The van der Waals surface area contributed by atoms with Gasteiger partial charge in [0.1, 0.15) is 0 Å². The summed E-state index contributed by atoms with van der Waals surface area (Å²) in [5, 5.41) is 9.15. The topological polar surface area (TPSA) is 37.0 Å². The highest BCUT2D eigenvalue weighted by Gasteiger charge is 2.30. The van der Waals surface area contributed by atoms with Gasteiger partial charge in [-0.1, -0.05) is 39.3 Å². The molecule has 1 aliphatic heterocycles. The zero-order valence-electron chi connectivity index (χ0n) is 17.8. The quantitative estimate of drug-likeness (QED) is 0.710. The number of aromatic nitrogens is 1. The Bertz CT molecular complexity index is 964. The van der Waals surface area contributed by atoms with Crippen LogP contribution in [0, 0.1) is 5.92 Å². The number of benzene rings is 1. The summed E-state index contributed by atoms with van der Waals surface area (Å²) in [5.41, 5.74) is 2.08. The highest BCUT2D eigenvalue weighted by Crippen LogP contribution is 2.29. The Morgan fingerprint density at radius 1 is 1.07 bits per heavy atom. The molecule has 0 aliphatic carbocycles. The molecule has 162 valence electrons. The minimum Gasteiger partial charge on any atom is -0.385 e. The van der Waals surface area contributed by atoms with E-state index in [1.807, 2.05) is 12.3 Å². The predicted octanol–water partition coefficient (Wildman–Crippen LogP) is 4.16. The first-order valence-electron chi connectivity index (χ1n) is 10.7. The fourth-order valence-electron chi connectivity index (χ4n) is 3.86. The zero-order valence-corrected chi connectivity index (χ0v) is 17.8. The summed E-state index contributed by atoms with van der Waals surface area (Å²) >= 11 is 0. The van der Waals surface area contributed by atoms with Gasteiger partial charge in [0.2, 0.25) is 0 Å². The van der Waals surface area contributed by atoms with Gasteiger partial charge in [-0.25, -0.2) is 0 Å². The highest BCUT2D eigenvalue weighted by atomic mass is 19.4. The van der Waals surface area contributed by atoms with Crippen molar-refractivity contribution in [2.75, 3.05) is 6.54 Å². The number of rotatable bonds is 7. The van der Waals surface area contributed by atoms with Crippen molar-refractivity contribution in [3.8, 4) is 0 Å². The molecule has 30 heavy (non-hydrogen) atoms. The van der Waals surface area contributed by atoms with E-state index in [0.29, 0.717) is 18.5 Å². The lowest BCUT2D eigenvalue weighted by molar-refractivity contribution is -0.137. The van der Waals surface area contributed by atoms with E-state index >= 15 is 0 Å². The molecule has 0 spiro atoms. The lowest BCUT2D eigenvalue weighted by atomic mass is 9.97. The molecule has 0 amide bonds. The first-order valence-corrected chi connectivity index (χ1v) is 10.7. The molecule has 1 aromatic carbocycles. The SMILES string of the molecule is CCC(C)CC(CC)NC1=c2cnccc2=C(c2ccc(C(F)(F)F)cc2)NCC1. The molecule has 3 rings (SSSR count). The summed E-state index contributed by atoms with van der Waals surface area (Å²) in [6.45, 7) is 7.38. The van der Waals surface area contributed by atoms with Gasteiger partial charge in [-0.3, -0.25) is 4.98 Å². The van der Waals surface area contributed by atoms with E-state index in [1.165, 1.54) is 12.1 Å². The molecule has 6 heteroatoms. The van der Waals surface area contributed by atoms with Crippen molar-refractivity contribution >= 4 is 11.4 Å². The van der Waals surface area contributed by atoms with Crippen LogP contribution < -0.4 is 21.1 Å². The summed E-state index contributed by atoms with van der Waals surface area (Å²) in [4.78, 5) is 4.32. The van der Waals surface area contributed by atoms with Gasteiger partial charge >= 0.3 is 6.18 Å². The van der Waals surface area contributed by atoms with Gasteiger partial charge in [-0.05, 0) is 42.5 Å². The van der Waals surface area contributed by atoms with E-state index in [0.717, 1.165) is 65.2 Å². The van der Waals surface area contributed by atoms with Crippen molar-refractivity contribution < 1.29 is 13.2 Å². The van der Waals surface area contributed by atoms with Crippen LogP contribution in [0.25, 0.3) is 11.4 Å². The second kappa shape index (κ2) is 9.54. The molecule has 1 aliphatic rings. The Balaban J connectivity index is 2.06. The van der Waals surface area contributed by atoms with Crippen LogP contribution in [0.3, 0.4) is 0 Å². The lowest BCUT2D eigenvalue weighted by Crippen LogP contribution is -2.37. The Labute approximate surface area is 176 Å². The number of nitrogens with zero attached hydrogens (tertiary/aromatic N) is 1. The van der Waals surface area contributed by atoms with Gasteiger partial charge in [-0.2, -0.15) is 13.2 Å². The number of fused-ring (bicyclic) bond motifs is 1. The molecule has 1 aromatic heterocycles. The molecule has 2 aromatic rings. The summed E-state index contributed by atoms with van der Waals surface area (Å²) in [7, 11) is 0. The number of hydrogen-bond donors (Lipinski definition) is 2. The van der Waals surface area contributed by atoms with E-state index in [2.05, 4.69) is 36.4 Å². The maximum absolute atomic E-state index is 12.9. The maximum Gasteiger partial charge on any atom is 0.416 e. The predicted molar refractivity (Wildman–Crippen MR) is 115 cm³/mol. The molecule has 2 heterocycles. The summed E-state index contributed by atoms with van der Waals surface area (Å²) in [6, 6.07) is 7.65. The van der Waals surface area contributed by atoms with Gasteiger partial charge in [0.05, 0.1) is 5.56 Å². The van der Waals surface area contributed by atoms with Crippen molar-refractivity contribution in [1.29, 1.82) is 0 Å². The molecule has 2 N–H and O–H groups in total. The van der Waals surface area contributed by atoms with Crippen LogP contribution in [0.15, 0.2) is 42.7 Å². The highest BCUT2D eigenvalue weighted by molar-refractivity contribution is 5.66. The number of hydrogen-bond acceptors (Lipinski definition) is 3. The molecule has 0 radical (unpaired) electrons. The lowest BCUT2D eigenvalue weighted by Gasteiger charge is -2.23. The van der Waals surface area contributed by atoms with Crippen LogP contribution in [0.5, 0.6) is 0 Å². The van der Waals surface area contributed by atoms with Crippen molar-refractivity contribution in [2.24, 2.45) is 5.92 Å². The second-order valence-electron chi connectivity index (χ2n) is 8.03. The van der Waals surface area contributed by atoms with Crippen LogP contribution in [0.4, 0.5) is 13.2 Å². The fraction of sp³-hybridized carbons (Fsp3) is 0.458. The van der Waals surface area contributed by atoms with Gasteiger partial charge in [0.25, 0.3) is 0 Å². The number of nitrogens with one attached hydrogen (secondary N) is 2. The van der Waals surface area contributed by atoms with Gasteiger partial charge in [-0.15, -0.1) is 0 Å². The molecule has 0 saturated heterocycles. The molecule has 3 nitrogen and oxygen atoms in total. The third-order valence-electron chi connectivity index (χ3n) is 5.85. The minimum absolute atomic E-state index is 0.385. The number of pyridine rings is 1. The fourth-order valence-corrected chi connectivity index (χ4v) is 3.86. The van der Waals surface area contributed by atoms with Crippen molar-refractivity contribution in [1.82, 2.24) is 15.6 Å². The third-order valence-corrected chi connectivity index (χ3v) is 5.85. The van der Waals surface area contributed by atoms with E-state index in [4.69, 9.17) is 0 Å². The van der Waals surface area contributed by atoms with Gasteiger partial charge in [0, 0.05) is 53.2 Å². The average molecular weight is 418 g/mol. The Kier molecular flexibility index (Phi) is 7.06.